The highest BCUT2D eigenvalue weighted by Gasteiger charge is 2.29. The van der Waals surface area contributed by atoms with E-state index in [1.807, 2.05) is 0 Å². The lowest BCUT2D eigenvalue weighted by molar-refractivity contribution is -0.371. The Morgan fingerprint density at radius 1 is 0.528 bits per heavy atom. The molecule has 0 rings (SSSR count). The highest BCUT2D eigenvalue weighted by atomic mass is 31.2. The van der Waals surface area contributed by atoms with Crippen molar-refractivity contribution in [3.05, 3.63) is 24.3 Å². The first-order valence-corrected chi connectivity index (χ1v) is 23.3. The molecule has 2 atom stereocenters. The minimum atomic E-state index is -3.86. The van der Waals surface area contributed by atoms with E-state index in [1.54, 1.807) is 6.92 Å². The molecule has 0 aromatic rings. The van der Waals surface area contributed by atoms with Gasteiger partial charge in [-0.05, 0) is 71.1 Å². The smallest absolute Gasteiger partial charge is 0.462 e. The third-order valence-corrected chi connectivity index (χ3v) is 10.7. The van der Waals surface area contributed by atoms with E-state index < -0.39 is 19.9 Å². The number of hydrogen-bond donors (Lipinski definition) is 1. The molecule has 3 N–H and O–H groups in total. The number of hydrogen-bond acceptors (Lipinski definition) is 8. The summed E-state index contributed by atoms with van der Waals surface area (Å²) in [6.45, 7) is 6.36. The molecular formula is C43H83NO8P+. The molecule has 9 nitrogen and oxygen atoms in total. The zero-order valence-electron chi connectivity index (χ0n) is 34.6. The molecule has 0 bridgehead atoms. The second-order valence-corrected chi connectivity index (χ2v) is 16.0. The molecule has 0 heterocycles. The van der Waals surface area contributed by atoms with E-state index in [0.717, 1.165) is 70.6 Å². The summed E-state index contributed by atoms with van der Waals surface area (Å²) < 4.78 is 40.1. The van der Waals surface area contributed by atoms with Crippen molar-refractivity contribution in [2.75, 3.05) is 33.0 Å². The van der Waals surface area contributed by atoms with Gasteiger partial charge in [0.15, 0.2) is 6.10 Å². The van der Waals surface area contributed by atoms with Crippen LogP contribution in [0.25, 0.3) is 0 Å². The van der Waals surface area contributed by atoms with E-state index >= 15 is 0 Å². The van der Waals surface area contributed by atoms with Crippen LogP contribution in [-0.2, 0) is 37.2 Å². The minimum Gasteiger partial charge on any atom is -0.462 e. The molecule has 53 heavy (non-hydrogen) atoms. The van der Waals surface area contributed by atoms with Gasteiger partial charge in [-0.2, -0.15) is 0 Å². The molecule has 0 spiro atoms. The summed E-state index contributed by atoms with van der Waals surface area (Å²) in [5.41, 5.74) is 3.69. The number of allylic oxidation sites excluding steroid dienone is 4. The molecule has 0 aromatic carbocycles. The Morgan fingerprint density at radius 2 is 0.943 bits per heavy atom. The summed E-state index contributed by atoms with van der Waals surface area (Å²) >= 11 is 0. The predicted molar refractivity (Wildman–Crippen MR) is 219 cm³/mol. The van der Waals surface area contributed by atoms with Gasteiger partial charge in [0.2, 0.25) is 0 Å². The van der Waals surface area contributed by atoms with Crippen molar-refractivity contribution in [3.63, 3.8) is 0 Å². The minimum absolute atomic E-state index is 0.0994. The van der Waals surface area contributed by atoms with Crippen LogP contribution in [0.3, 0.4) is 0 Å². The van der Waals surface area contributed by atoms with E-state index in [-0.39, 0.29) is 38.8 Å². The molecule has 312 valence electrons. The van der Waals surface area contributed by atoms with E-state index in [2.05, 4.69) is 43.9 Å². The summed E-state index contributed by atoms with van der Waals surface area (Å²) in [6.07, 6.45) is 39.7. The van der Waals surface area contributed by atoms with E-state index in [9.17, 15) is 14.2 Å². The Balaban J connectivity index is 4.37. The van der Waals surface area contributed by atoms with Gasteiger partial charge < -0.3 is 15.2 Å². The van der Waals surface area contributed by atoms with Crippen molar-refractivity contribution >= 4 is 19.8 Å². The lowest BCUT2D eigenvalue weighted by Crippen LogP contribution is -2.52. The first-order valence-electron chi connectivity index (χ1n) is 21.9. The zero-order chi connectivity index (χ0) is 38.9. The van der Waals surface area contributed by atoms with Gasteiger partial charge >= 0.3 is 19.8 Å². The van der Waals surface area contributed by atoms with Gasteiger partial charge in [-0.15, -0.1) is 0 Å². The number of carbonyl (C=O) groups excluding carboxylic acids is 2. The van der Waals surface area contributed by atoms with Crippen molar-refractivity contribution in [3.8, 4) is 0 Å². The summed E-state index contributed by atoms with van der Waals surface area (Å²) in [6, 6.07) is 0. The molecule has 0 amide bonds. The van der Waals surface area contributed by atoms with Crippen molar-refractivity contribution < 1.29 is 42.9 Å². The lowest BCUT2D eigenvalue weighted by Gasteiger charge is -2.21. The van der Waals surface area contributed by atoms with Gasteiger partial charge in [0.25, 0.3) is 0 Å². The van der Waals surface area contributed by atoms with Crippen LogP contribution in [0.15, 0.2) is 24.3 Å². The van der Waals surface area contributed by atoms with Gasteiger partial charge in [-0.25, -0.2) is 4.57 Å². The molecule has 10 heteroatoms. The van der Waals surface area contributed by atoms with E-state index in [1.165, 1.54) is 96.3 Å². The van der Waals surface area contributed by atoms with Crippen LogP contribution in [0, 0.1) is 0 Å². The van der Waals surface area contributed by atoms with Gasteiger partial charge in [0.05, 0.1) is 19.8 Å². The number of ether oxygens (including phenoxy) is 2. The number of phosphoric ester groups is 1. The van der Waals surface area contributed by atoms with Gasteiger partial charge in [0.1, 0.15) is 13.2 Å². The predicted octanol–water partition coefficient (Wildman–Crippen LogP) is 11.9. The normalized spacial score (nSPS) is 13.5. The second kappa shape index (κ2) is 40.2. The third-order valence-electron chi connectivity index (χ3n) is 9.11. The Morgan fingerprint density at radius 3 is 1.38 bits per heavy atom. The Hall–Kier alpha value is -1.51. The topological polar surface area (TPSA) is 125 Å². The molecule has 0 saturated heterocycles. The Bertz CT molecular complexity index is 928. The fourth-order valence-corrected chi connectivity index (χ4v) is 7.16. The maximum Gasteiger partial charge on any atom is 0.475 e. The molecule has 0 saturated carbocycles. The Labute approximate surface area is 325 Å². The van der Waals surface area contributed by atoms with Crippen molar-refractivity contribution in [2.45, 2.75) is 207 Å². The highest BCUT2D eigenvalue weighted by Crippen LogP contribution is 2.49. The maximum absolute atomic E-state index is 12.9. The number of carbonyl (C=O) groups is 2. The Kier molecular flexibility index (Phi) is 39.0. The van der Waals surface area contributed by atoms with Gasteiger partial charge in [-0.3, -0.25) is 23.2 Å². The fraction of sp³-hybridized carbons (Fsp3) is 0.860. The average Bonchev–Trinajstić information content (AvgIpc) is 3.15. The first kappa shape index (κ1) is 51.5. The molecule has 0 aromatic heterocycles. The van der Waals surface area contributed by atoms with Crippen LogP contribution < -0.4 is 5.73 Å². The van der Waals surface area contributed by atoms with Crippen LogP contribution in [0.4, 0.5) is 0 Å². The van der Waals surface area contributed by atoms with Crippen molar-refractivity contribution in [1.29, 1.82) is 0 Å². The lowest BCUT2D eigenvalue weighted by atomic mass is 10.1. The summed E-state index contributed by atoms with van der Waals surface area (Å²) in [4.78, 5) is 25.2. The molecule has 0 radical (unpaired) electrons. The maximum atomic E-state index is 12.9. The molecule has 0 aliphatic rings. The van der Waals surface area contributed by atoms with Gasteiger partial charge in [0, 0.05) is 12.8 Å². The number of rotatable bonds is 41. The molecule has 0 aliphatic carbocycles. The van der Waals surface area contributed by atoms with Crippen LogP contribution in [0.2, 0.25) is 0 Å². The first-order chi connectivity index (χ1) is 25.9. The second-order valence-electron chi connectivity index (χ2n) is 14.3. The van der Waals surface area contributed by atoms with Crippen molar-refractivity contribution in [2.24, 2.45) is 0 Å². The van der Waals surface area contributed by atoms with Crippen molar-refractivity contribution in [1.82, 2.24) is 0 Å². The van der Waals surface area contributed by atoms with Crippen LogP contribution in [0.1, 0.15) is 201 Å². The molecular weight excluding hydrogens is 689 g/mol. The standard InChI is InChI=1S/C43H82NO8P/c1-4-7-9-11-13-15-17-19-21-23-25-27-29-31-33-35-42(45)48-39-41(40-51-53(47,49-6-3)50-38-37-44)52-43(46)36-34-32-30-28-26-24-22-20-18-16-14-12-10-8-5-2/h19-22,41H,4-18,23-40,44H2,1-3H3/p+1/b21-19-,22-20-/t41-,53?/m0/s1. The summed E-state index contributed by atoms with van der Waals surface area (Å²) in [5.74, 6) is -0.739. The van der Waals surface area contributed by atoms with Gasteiger partial charge in [-0.1, -0.05) is 141 Å². The highest BCUT2D eigenvalue weighted by molar-refractivity contribution is 7.48. The van der Waals surface area contributed by atoms with Crippen LogP contribution in [-0.4, -0.2) is 51.0 Å². The number of unbranched alkanes of at least 4 members (excludes halogenated alkanes) is 22. The molecule has 1 unspecified atom stereocenters. The summed E-state index contributed by atoms with van der Waals surface area (Å²) in [5, 5.41) is 0. The summed E-state index contributed by atoms with van der Waals surface area (Å²) in [7, 11) is -3.86. The van der Waals surface area contributed by atoms with Crippen LogP contribution >= 0.6 is 7.82 Å². The molecule has 0 fully saturated rings. The van der Waals surface area contributed by atoms with Crippen LogP contribution in [0.5, 0.6) is 0 Å². The van der Waals surface area contributed by atoms with E-state index in [4.69, 9.17) is 23.0 Å². The SMILES string of the molecule is CCCCCCCC/C=C\CCCCCCCC(=O)OC[C@@H](COP(=O)(OCC)OCC[NH3+])OC(=O)CCCCCCC/C=C\CCCCCCCC. The average molecular weight is 773 g/mol. The number of phosphoric acid groups is 1. The zero-order valence-corrected chi connectivity index (χ0v) is 35.5. The number of esters is 2. The van der Waals surface area contributed by atoms with E-state index in [0.29, 0.717) is 13.0 Å². The third kappa shape index (κ3) is 37.2. The number of quaternary nitrogens is 1. The fourth-order valence-electron chi connectivity index (χ4n) is 5.92. The molecule has 0 aliphatic heterocycles. The largest absolute Gasteiger partial charge is 0.475 e. The quantitative estimate of drug-likeness (QED) is 0.0282. The monoisotopic (exact) mass is 773 g/mol.